The lowest BCUT2D eigenvalue weighted by molar-refractivity contribution is -0.115. The number of halogens is 2. The zero-order valence-electron chi connectivity index (χ0n) is 21.5. The van der Waals surface area contributed by atoms with E-state index < -0.39 is 18.2 Å². The summed E-state index contributed by atoms with van der Waals surface area (Å²) in [6.07, 6.45) is 4.17. The number of urea groups is 1. The van der Waals surface area contributed by atoms with E-state index in [4.69, 9.17) is 28.0 Å². The van der Waals surface area contributed by atoms with Crippen molar-refractivity contribution in [3.8, 4) is 5.69 Å². The minimum absolute atomic E-state index is 0.251. The zero-order chi connectivity index (χ0) is 28.9. The molecule has 5 rings (SSSR count). The van der Waals surface area contributed by atoms with Gasteiger partial charge in [-0.1, -0.05) is 41.4 Å². The van der Waals surface area contributed by atoms with Gasteiger partial charge in [-0.3, -0.25) is 14.6 Å². The van der Waals surface area contributed by atoms with E-state index in [1.807, 2.05) is 6.07 Å². The normalized spacial score (nSPS) is 14.4. The van der Waals surface area contributed by atoms with Crippen LogP contribution in [-0.2, 0) is 16.1 Å². The highest BCUT2D eigenvalue weighted by Gasteiger charge is 2.36. The summed E-state index contributed by atoms with van der Waals surface area (Å²) < 4.78 is 1.44. The molecule has 2 aromatic carbocycles. The molecule has 208 valence electrons. The second kappa shape index (κ2) is 12.1. The number of nitrogens with zero attached hydrogens (tertiary/aromatic N) is 7. The maximum atomic E-state index is 13.5. The molecule has 1 N–H and O–H groups in total. The van der Waals surface area contributed by atoms with Crippen molar-refractivity contribution in [3.05, 3.63) is 94.5 Å². The predicted octanol–water partition coefficient (Wildman–Crippen LogP) is 4.67. The maximum absolute atomic E-state index is 13.5. The molecule has 1 atom stereocenters. The third kappa shape index (κ3) is 6.18. The van der Waals surface area contributed by atoms with Crippen LogP contribution in [0.1, 0.15) is 17.7 Å². The fourth-order valence-electron chi connectivity index (χ4n) is 4.35. The molecule has 0 radical (unpaired) electrons. The SMILES string of the molecule is CN(C(=O)ONC(=O)N1c2ccc(Cl)nc2CCC1C(=O)C=Cc1cc(Cl)ccc1-n1cnnn1)c1ccccc1. The number of rotatable bonds is 5. The van der Waals surface area contributed by atoms with Gasteiger partial charge in [-0.05, 0) is 77.9 Å². The Morgan fingerprint density at radius 3 is 2.61 bits per heavy atom. The van der Waals surface area contributed by atoms with E-state index in [1.54, 1.807) is 54.6 Å². The van der Waals surface area contributed by atoms with Gasteiger partial charge in [0, 0.05) is 23.3 Å². The minimum atomic E-state index is -0.928. The molecule has 4 aromatic rings. The summed E-state index contributed by atoms with van der Waals surface area (Å²) in [4.78, 5) is 51.3. The summed E-state index contributed by atoms with van der Waals surface area (Å²) in [5, 5.41) is 11.9. The van der Waals surface area contributed by atoms with E-state index in [-0.39, 0.29) is 17.4 Å². The topological polar surface area (TPSA) is 135 Å². The first kappa shape index (κ1) is 27.7. The van der Waals surface area contributed by atoms with Crippen LogP contribution in [0.4, 0.5) is 21.0 Å². The molecule has 2 aromatic heterocycles. The van der Waals surface area contributed by atoms with Crippen molar-refractivity contribution < 1.29 is 19.2 Å². The molecule has 1 unspecified atom stereocenters. The Labute approximate surface area is 244 Å². The number of anilines is 2. The number of tetrazole rings is 1. The number of hydrogen-bond acceptors (Lipinski definition) is 8. The van der Waals surface area contributed by atoms with E-state index in [2.05, 4.69) is 26.0 Å². The average molecular weight is 593 g/mol. The van der Waals surface area contributed by atoms with Crippen molar-refractivity contribution in [1.82, 2.24) is 30.7 Å². The number of amides is 3. The predicted molar refractivity (Wildman–Crippen MR) is 152 cm³/mol. The van der Waals surface area contributed by atoms with Gasteiger partial charge in [-0.25, -0.2) is 14.6 Å². The molecule has 0 fully saturated rings. The fraction of sp³-hybridized carbons (Fsp3) is 0.148. The van der Waals surface area contributed by atoms with Crippen LogP contribution in [0.5, 0.6) is 0 Å². The Balaban J connectivity index is 1.38. The van der Waals surface area contributed by atoms with Crippen molar-refractivity contribution in [1.29, 1.82) is 0 Å². The zero-order valence-corrected chi connectivity index (χ0v) is 23.0. The van der Waals surface area contributed by atoms with Crippen LogP contribution in [0.3, 0.4) is 0 Å². The number of aryl methyl sites for hydroxylation is 1. The number of nitrogens with one attached hydrogen (secondary N) is 1. The smallest absolute Gasteiger partial charge is 0.320 e. The number of carbonyl (C=O) groups excluding carboxylic acids is 3. The van der Waals surface area contributed by atoms with Gasteiger partial charge >= 0.3 is 12.1 Å². The van der Waals surface area contributed by atoms with Gasteiger partial charge in [-0.15, -0.1) is 5.10 Å². The number of hydrogen-bond donors (Lipinski definition) is 1. The van der Waals surface area contributed by atoms with Crippen molar-refractivity contribution >= 4 is 58.6 Å². The Bertz CT molecular complexity index is 1620. The van der Waals surface area contributed by atoms with Gasteiger partial charge in [0.05, 0.1) is 17.1 Å². The number of fused-ring (bicyclic) bond motifs is 1. The number of carbonyl (C=O) groups is 3. The summed E-state index contributed by atoms with van der Waals surface area (Å²) in [5.74, 6) is -0.379. The van der Waals surface area contributed by atoms with Gasteiger partial charge in [0.15, 0.2) is 5.78 Å². The molecular weight excluding hydrogens is 571 g/mol. The van der Waals surface area contributed by atoms with E-state index in [9.17, 15) is 14.4 Å². The molecule has 14 heteroatoms. The van der Waals surface area contributed by atoms with Crippen molar-refractivity contribution in [2.45, 2.75) is 18.9 Å². The standard InChI is InChI=1S/C27H22Cl2N8O4/c1-35(19-5-3-2-4-6-19)27(40)41-32-26(39)37-22-12-14-25(29)31-20(22)9-11-23(37)24(38)13-7-17-15-18(28)8-10-21(17)36-16-30-33-34-36/h2-8,10,12-16,23H,9,11H2,1H3,(H,32,39). The molecular formula is C27H22Cl2N8O4. The molecule has 0 bridgehead atoms. The summed E-state index contributed by atoms with van der Waals surface area (Å²) >= 11 is 12.3. The van der Waals surface area contributed by atoms with Crippen molar-refractivity contribution in [2.24, 2.45) is 0 Å². The summed E-state index contributed by atoms with van der Waals surface area (Å²) in [7, 11) is 1.50. The van der Waals surface area contributed by atoms with Crippen LogP contribution in [-0.4, -0.2) is 56.2 Å². The second-order valence-electron chi connectivity index (χ2n) is 8.89. The molecule has 0 saturated heterocycles. The lowest BCUT2D eigenvalue weighted by Gasteiger charge is -2.35. The second-order valence-corrected chi connectivity index (χ2v) is 9.71. The number of ketones is 1. The fourth-order valence-corrected chi connectivity index (χ4v) is 4.69. The number of aromatic nitrogens is 5. The molecule has 12 nitrogen and oxygen atoms in total. The molecule has 3 heterocycles. The lowest BCUT2D eigenvalue weighted by Crippen LogP contribution is -2.52. The first-order chi connectivity index (χ1) is 19.8. The van der Waals surface area contributed by atoms with Gasteiger partial charge in [-0.2, -0.15) is 10.2 Å². The van der Waals surface area contributed by atoms with Crippen LogP contribution in [0.2, 0.25) is 10.2 Å². The van der Waals surface area contributed by atoms with E-state index in [0.717, 1.165) is 0 Å². The average Bonchev–Trinajstić information content (AvgIpc) is 3.52. The van der Waals surface area contributed by atoms with Crippen molar-refractivity contribution in [2.75, 3.05) is 16.8 Å². The Kier molecular flexibility index (Phi) is 8.22. The van der Waals surface area contributed by atoms with Crippen molar-refractivity contribution in [3.63, 3.8) is 0 Å². The highest BCUT2D eigenvalue weighted by atomic mass is 35.5. The molecule has 0 spiro atoms. The highest BCUT2D eigenvalue weighted by molar-refractivity contribution is 6.30. The summed E-state index contributed by atoms with van der Waals surface area (Å²) in [6, 6.07) is 15.2. The van der Waals surface area contributed by atoms with Gasteiger partial charge < -0.3 is 4.84 Å². The molecule has 3 amide bonds. The molecule has 1 aliphatic heterocycles. The Morgan fingerprint density at radius 1 is 1.07 bits per heavy atom. The van der Waals surface area contributed by atoms with Crippen LogP contribution in [0, 0.1) is 0 Å². The third-order valence-corrected chi connectivity index (χ3v) is 6.79. The third-order valence-electron chi connectivity index (χ3n) is 6.34. The Morgan fingerprint density at radius 2 is 1.85 bits per heavy atom. The first-order valence-electron chi connectivity index (χ1n) is 12.3. The Hall–Kier alpha value is -4.81. The molecule has 1 aliphatic rings. The minimum Gasteiger partial charge on any atom is -0.320 e. The number of pyridine rings is 1. The largest absolute Gasteiger partial charge is 0.438 e. The van der Waals surface area contributed by atoms with Gasteiger partial charge in [0.1, 0.15) is 17.5 Å². The monoisotopic (exact) mass is 592 g/mol. The van der Waals surface area contributed by atoms with Crippen LogP contribution < -0.4 is 15.3 Å². The van der Waals surface area contributed by atoms with E-state index in [1.165, 1.54) is 40.0 Å². The first-order valence-corrected chi connectivity index (χ1v) is 13.1. The molecule has 0 aliphatic carbocycles. The quantitative estimate of drug-likeness (QED) is 0.201. The van der Waals surface area contributed by atoms with Crippen LogP contribution in [0.25, 0.3) is 11.8 Å². The van der Waals surface area contributed by atoms with E-state index >= 15 is 0 Å². The van der Waals surface area contributed by atoms with Crippen LogP contribution in [0.15, 0.2) is 73.1 Å². The van der Waals surface area contributed by atoms with E-state index in [0.29, 0.717) is 39.8 Å². The summed E-state index contributed by atoms with van der Waals surface area (Å²) in [6.45, 7) is 0. The number of para-hydroxylation sites is 1. The number of hydroxylamine groups is 1. The van der Waals surface area contributed by atoms with Gasteiger partial charge in [0.25, 0.3) is 0 Å². The lowest BCUT2D eigenvalue weighted by atomic mass is 9.96. The molecule has 41 heavy (non-hydrogen) atoms. The highest BCUT2D eigenvalue weighted by Crippen LogP contribution is 2.32. The van der Waals surface area contributed by atoms with Crippen LogP contribution >= 0.6 is 23.2 Å². The van der Waals surface area contributed by atoms with Gasteiger partial charge in [0.2, 0.25) is 0 Å². The molecule has 0 saturated carbocycles. The summed E-state index contributed by atoms with van der Waals surface area (Å²) in [5.41, 5.74) is 4.81. The number of benzene rings is 2. The maximum Gasteiger partial charge on any atom is 0.438 e.